The maximum absolute atomic E-state index is 15.2. The van der Waals surface area contributed by atoms with Crippen LogP contribution < -0.4 is 11.1 Å². The smallest absolute Gasteiger partial charge is 0.405 e. The second-order valence-corrected chi connectivity index (χ2v) is 11.6. The summed E-state index contributed by atoms with van der Waals surface area (Å²) in [6.45, 7) is 5.15. The normalized spacial score (nSPS) is 19.2. The average molecular weight is 586 g/mol. The number of imidazole rings is 2. The fourth-order valence-electron chi connectivity index (χ4n) is 6.05. The summed E-state index contributed by atoms with van der Waals surface area (Å²) in [5.74, 6) is 0.725. The average Bonchev–Trinajstić information content (AvgIpc) is 3.81. The molecule has 10 nitrogen and oxygen atoms in total. The molecule has 6 rings (SSSR count). The zero-order chi connectivity index (χ0) is 30.1. The molecule has 5 N–H and O–H groups in total. The van der Waals surface area contributed by atoms with Crippen molar-refractivity contribution in [3.8, 4) is 33.6 Å². The van der Waals surface area contributed by atoms with E-state index < -0.39 is 12.2 Å². The summed E-state index contributed by atoms with van der Waals surface area (Å²) >= 11 is 0. The van der Waals surface area contributed by atoms with Gasteiger partial charge in [-0.15, -0.1) is 0 Å². The molecule has 2 aromatic heterocycles. The number of benzene rings is 2. The number of hydrogen-bond acceptors (Lipinski definition) is 6. The molecule has 0 saturated carbocycles. The van der Waals surface area contributed by atoms with E-state index in [2.05, 4.69) is 25.3 Å². The highest BCUT2D eigenvalue weighted by Crippen LogP contribution is 2.34. The number of H-pyrrole nitrogens is 2. The highest BCUT2D eigenvalue weighted by Gasteiger charge is 2.38. The van der Waals surface area contributed by atoms with E-state index in [1.807, 2.05) is 44.2 Å². The number of nitrogens with two attached hydrogens (primary N) is 1. The molecule has 3 atom stereocenters. The van der Waals surface area contributed by atoms with Gasteiger partial charge in [-0.25, -0.2) is 19.2 Å². The predicted octanol–water partition coefficient (Wildman–Crippen LogP) is 5.48. The first kappa shape index (κ1) is 28.6. The van der Waals surface area contributed by atoms with E-state index in [1.54, 1.807) is 29.4 Å². The predicted molar refractivity (Wildman–Crippen MR) is 160 cm³/mol. The Morgan fingerprint density at radius 2 is 1.65 bits per heavy atom. The number of nitrogens with one attached hydrogen (secondary N) is 3. The molecule has 2 fully saturated rings. The molecule has 2 amide bonds. The quantitative estimate of drug-likeness (QED) is 0.216. The SMILES string of the molecule is CC(C)[C@H](OC(N)=O)C(=O)N1CCC[C@H]1c1ncc(-c2ccc(-c3ccc(-c4cnc([C@@H]5CCCN5)[nH]4)c(F)c3)cc2)[nH]1. The fourth-order valence-corrected chi connectivity index (χ4v) is 6.05. The van der Waals surface area contributed by atoms with E-state index in [0.717, 1.165) is 60.4 Å². The second kappa shape index (κ2) is 12.0. The van der Waals surface area contributed by atoms with Crippen molar-refractivity contribution < 1.29 is 18.7 Å². The molecular weight excluding hydrogens is 549 g/mol. The van der Waals surface area contributed by atoms with Gasteiger partial charge >= 0.3 is 6.09 Å². The Kier molecular flexibility index (Phi) is 7.98. The molecule has 0 radical (unpaired) electrons. The van der Waals surface area contributed by atoms with Crippen LogP contribution in [0.4, 0.5) is 9.18 Å². The van der Waals surface area contributed by atoms with Crippen molar-refractivity contribution in [3.63, 3.8) is 0 Å². The number of likely N-dealkylation sites (tertiary alicyclic amines) is 1. The number of carbonyl (C=O) groups is 2. The number of carbonyl (C=O) groups excluding carboxylic acids is 2. The van der Waals surface area contributed by atoms with E-state index in [0.29, 0.717) is 23.6 Å². The van der Waals surface area contributed by atoms with Crippen molar-refractivity contribution in [2.45, 2.75) is 57.7 Å². The minimum absolute atomic E-state index is 0.195. The monoisotopic (exact) mass is 585 g/mol. The molecule has 11 heteroatoms. The molecule has 2 saturated heterocycles. The van der Waals surface area contributed by atoms with Gasteiger partial charge in [-0.3, -0.25) is 4.79 Å². The van der Waals surface area contributed by atoms with Crippen molar-refractivity contribution in [1.82, 2.24) is 30.2 Å². The second-order valence-electron chi connectivity index (χ2n) is 11.6. The molecule has 0 bridgehead atoms. The number of halogens is 1. The zero-order valence-corrected chi connectivity index (χ0v) is 24.3. The summed E-state index contributed by atoms with van der Waals surface area (Å²) in [5, 5.41) is 3.41. The molecule has 2 aliphatic heterocycles. The van der Waals surface area contributed by atoms with Gasteiger partial charge in [0.05, 0.1) is 35.9 Å². The lowest BCUT2D eigenvalue weighted by atomic mass is 10.0. The van der Waals surface area contributed by atoms with E-state index in [4.69, 9.17) is 10.5 Å². The molecular formula is C32H36FN7O3. The standard InChI is InChI=1S/C32H36FN7O3/c1-18(2)28(43-32(34)42)31(41)40-14-4-6-27(40)30-37-16-25(38-30)20-9-7-19(8-10-20)21-11-12-22(23(33)15-21)26-17-36-29(39-26)24-5-3-13-35-24/h7-12,15-18,24,27-28,35H,3-6,13-14H2,1-2H3,(H2,34,42)(H,36,39)(H,37,38)/t24-,27-,28-/m0/s1. The van der Waals surface area contributed by atoms with Gasteiger partial charge in [-0.05, 0) is 67.0 Å². The first-order valence-corrected chi connectivity index (χ1v) is 14.8. The lowest BCUT2D eigenvalue weighted by molar-refractivity contribution is -0.143. The number of aromatic amines is 2. The summed E-state index contributed by atoms with van der Waals surface area (Å²) in [5.41, 5.74) is 9.75. The van der Waals surface area contributed by atoms with Gasteiger partial charge in [-0.2, -0.15) is 0 Å². The molecule has 224 valence electrons. The van der Waals surface area contributed by atoms with Crippen molar-refractivity contribution >= 4 is 12.0 Å². The van der Waals surface area contributed by atoms with Gasteiger partial charge in [0, 0.05) is 12.1 Å². The number of primary amides is 1. The van der Waals surface area contributed by atoms with Crippen LogP contribution in [0.1, 0.15) is 63.3 Å². The van der Waals surface area contributed by atoms with Crippen LogP contribution >= 0.6 is 0 Å². The van der Waals surface area contributed by atoms with Crippen LogP contribution in [0.25, 0.3) is 33.6 Å². The van der Waals surface area contributed by atoms with Crippen LogP contribution in [0.3, 0.4) is 0 Å². The van der Waals surface area contributed by atoms with E-state index in [-0.39, 0.29) is 29.7 Å². The summed E-state index contributed by atoms with van der Waals surface area (Å²) in [4.78, 5) is 42.0. The van der Waals surface area contributed by atoms with Crippen LogP contribution in [0.5, 0.6) is 0 Å². The number of amides is 2. The van der Waals surface area contributed by atoms with Crippen LogP contribution in [-0.2, 0) is 9.53 Å². The minimum atomic E-state index is -0.964. The summed E-state index contributed by atoms with van der Waals surface area (Å²) < 4.78 is 20.3. The molecule has 0 unspecified atom stereocenters. The van der Waals surface area contributed by atoms with Gasteiger partial charge in [0.2, 0.25) is 0 Å². The number of hydrogen-bond donors (Lipinski definition) is 4. The Hall–Kier alpha value is -4.51. The first-order valence-electron chi connectivity index (χ1n) is 14.8. The van der Waals surface area contributed by atoms with Crippen molar-refractivity contribution in [3.05, 3.63) is 72.3 Å². The van der Waals surface area contributed by atoms with Crippen molar-refractivity contribution in [1.29, 1.82) is 0 Å². The summed E-state index contributed by atoms with van der Waals surface area (Å²) in [6.07, 6.45) is 5.24. The molecule has 2 aromatic carbocycles. The maximum atomic E-state index is 15.2. The van der Waals surface area contributed by atoms with E-state index in [1.165, 1.54) is 0 Å². The van der Waals surface area contributed by atoms with Crippen LogP contribution in [0.2, 0.25) is 0 Å². The van der Waals surface area contributed by atoms with Gasteiger partial charge in [0.15, 0.2) is 6.10 Å². The highest BCUT2D eigenvalue weighted by atomic mass is 19.1. The van der Waals surface area contributed by atoms with Crippen LogP contribution in [0.15, 0.2) is 54.9 Å². The number of nitrogens with zero attached hydrogens (tertiary/aromatic N) is 3. The van der Waals surface area contributed by atoms with Gasteiger partial charge in [0.25, 0.3) is 5.91 Å². The summed E-state index contributed by atoms with van der Waals surface area (Å²) in [6, 6.07) is 13.0. The Morgan fingerprint density at radius 1 is 0.953 bits per heavy atom. The Morgan fingerprint density at radius 3 is 2.35 bits per heavy atom. The van der Waals surface area contributed by atoms with Crippen LogP contribution in [0, 0.1) is 11.7 Å². The lowest BCUT2D eigenvalue weighted by Crippen LogP contribution is -2.44. The Labute approximate surface area is 249 Å². The molecule has 4 heterocycles. The third kappa shape index (κ3) is 5.90. The maximum Gasteiger partial charge on any atom is 0.405 e. The Bertz CT molecular complexity index is 1610. The number of ether oxygens (including phenoxy) is 1. The van der Waals surface area contributed by atoms with Crippen molar-refractivity contribution in [2.24, 2.45) is 11.7 Å². The molecule has 43 heavy (non-hydrogen) atoms. The third-order valence-corrected chi connectivity index (χ3v) is 8.31. The van der Waals surface area contributed by atoms with Gasteiger partial charge < -0.3 is 30.7 Å². The first-order chi connectivity index (χ1) is 20.8. The van der Waals surface area contributed by atoms with Crippen molar-refractivity contribution in [2.75, 3.05) is 13.1 Å². The lowest BCUT2D eigenvalue weighted by Gasteiger charge is -2.29. The highest BCUT2D eigenvalue weighted by molar-refractivity contribution is 5.84. The summed E-state index contributed by atoms with van der Waals surface area (Å²) in [7, 11) is 0. The fraction of sp³-hybridized carbons (Fsp3) is 0.375. The topological polar surface area (TPSA) is 142 Å². The largest absolute Gasteiger partial charge is 0.436 e. The minimum Gasteiger partial charge on any atom is -0.436 e. The third-order valence-electron chi connectivity index (χ3n) is 8.31. The molecule has 4 aromatic rings. The van der Waals surface area contributed by atoms with Gasteiger partial charge in [0.1, 0.15) is 17.5 Å². The molecule has 0 aliphatic carbocycles. The number of rotatable bonds is 8. The van der Waals surface area contributed by atoms with E-state index in [9.17, 15) is 9.59 Å². The van der Waals surface area contributed by atoms with Crippen LogP contribution in [-0.4, -0.2) is 56.0 Å². The van der Waals surface area contributed by atoms with E-state index >= 15 is 4.39 Å². The molecule has 0 spiro atoms. The molecule has 2 aliphatic rings. The zero-order valence-electron chi connectivity index (χ0n) is 24.3. The number of aromatic nitrogens is 4. The van der Waals surface area contributed by atoms with Gasteiger partial charge in [-0.1, -0.05) is 44.2 Å². The Balaban J connectivity index is 1.16.